The first kappa shape index (κ1) is 14.6. The van der Waals surface area contributed by atoms with Crippen molar-refractivity contribution in [2.24, 2.45) is 5.41 Å². The van der Waals surface area contributed by atoms with Crippen molar-refractivity contribution in [2.45, 2.75) is 26.7 Å². The Bertz CT molecular complexity index is 437. The summed E-state index contributed by atoms with van der Waals surface area (Å²) in [6.07, 6.45) is 2.19. The molecule has 0 radical (unpaired) electrons. The summed E-state index contributed by atoms with van der Waals surface area (Å²) < 4.78 is 4.81. The fourth-order valence-electron chi connectivity index (χ4n) is 1.68. The van der Waals surface area contributed by atoms with Crippen molar-refractivity contribution < 1.29 is 19.1 Å². The second-order valence-electron chi connectivity index (χ2n) is 4.08. The Labute approximate surface area is 110 Å². The Balaban J connectivity index is 2.72. The van der Waals surface area contributed by atoms with E-state index >= 15 is 0 Å². The lowest BCUT2D eigenvalue weighted by atomic mass is 9.82. The maximum Gasteiger partial charge on any atom is 0.311 e. The molecule has 18 heavy (non-hydrogen) atoms. The second-order valence-corrected chi connectivity index (χ2v) is 4.43. The van der Waals surface area contributed by atoms with E-state index in [9.17, 15) is 14.7 Å². The average molecular weight is 274 g/mol. The maximum atomic E-state index is 11.8. The number of hydrogen-bond acceptors (Lipinski definition) is 3. The molecule has 0 bridgehead atoms. The zero-order valence-electron chi connectivity index (χ0n) is 10.3. The van der Waals surface area contributed by atoms with Gasteiger partial charge in [0.15, 0.2) is 0 Å². The van der Waals surface area contributed by atoms with Gasteiger partial charge in [-0.25, -0.2) is 0 Å². The lowest BCUT2D eigenvalue weighted by Gasteiger charge is -2.26. The Hall–Kier alpha value is -1.49. The van der Waals surface area contributed by atoms with Crippen LogP contribution >= 0.6 is 11.6 Å². The van der Waals surface area contributed by atoms with Crippen molar-refractivity contribution in [2.75, 3.05) is 6.54 Å². The molecule has 0 aliphatic carbocycles. The number of carboxylic acid groups (broad SMARTS) is 1. The summed E-state index contributed by atoms with van der Waals surface area (Å²) in [5.74, 6) is -1.34. The quantitative estimate of drug-likeness (QED) is 0.835. The number of amides is 1. The van der Waals surface area contributed by atoms with Gasteiger partial charge in [-0.3, -0.25) is 9.59 Å². The summed E-state index contributed by atoms with van der Waals surface area (Å²) >= 11 is 5.67. The zero-order valence-corrected chi connectivity index (χ0v) is 11.1. The van der Waals surface area contributed by atoms with Gasteiger partial charge in [-0.05, 0) is 30.5 Å². The summed E-state index contributed by atoms with van der Waals surface area (Å²) in [6.45, 7) is 3.64. The van der Waals surface area contributed by atoms with E-state index in [1.165, 1.54) is 12.3 Å². The molecule has 0 aliphatic heterocycles. The molecule has 0 atom stereocenters. The minimum atomic E-state index is -0.939. The van der Waals surface area contributed by atoms with E-state index in [-0.39, 0.29) is 17.3 Å². The van der Waals surface area contributed by atoms with Gasteiger partial charge in [-0.1, -0.05) is 13.8 Å². The zero-order chi connectivity index (χ0) is 13.8. The minimum absolute atomic E-state index is 0.00132. The Morgan fingerprint density at radius 1 is 1.44 bits per heavy atom. The molecular weight excluding hydrogens is 258 g/mol. The van der Waals surface area contributed by atoms with E-state index in [0.717, 1.165) is 0 Å². The van der Waals surface area contributed by atoms with Crippen LogP contribution in [0.4, 0.5) is 0 Å². The van der Waals surface area contributed by atoms with Crippen LogP contribution in [-0.2, 0) is 4.79 Å². The monoisotopic (exact) mass is 273 g/mol. The summed E-state index contributed by atoms with van der Waals surface area (Å²) in [4.78, 5) is 23.0. The van der Waals surface area contributed by atoms with Crippen LogP contribution in [0, 0.1) is 5.41 Å². The maximum absolute atomic E-state index is 11.8. The predicted molar refractivity (Wildman–Crippen MR) is 66.7 cm³/mol. The van der Waals surface area contributed by atoms with E-state index in [4.69, 9.17) is 16.0 Å². The van der Waals surface area contributed by atoms with Gasteiger partial charge in [0.2, 0.25) is 5.22 Å². The summed E-state index contributed by atoms with van der Waals surface area (Å²) in [5, 5.41) is 11.8. The van der Waals surface area contributed by atoms with Crippen molar-refractivity contribution in [1.29, 1.82) is 0 Å². The Kier molecular flexibility index (Phi) is 4.78. The first-order chi connectivity index (χ1) is 8.46. The molecule has 5 nitrogen and oxygen atoms in total. The fourth-order valence-corrected chi connectivity index (χ4v) is 1.88. The molecule has 100 valence electrons. The standard InChI is InChI=1S/C12H16ClNO4/c1-3-12(4-2,11(16)17)7-14-10(15)8-5-6-18-9(8)13/h5-6H,3-4,7H2,1-2H3,(H,14,15)(H,16,17). The van der Waals surface area contributed by atoms with E-state index in [1.807, 2.05) is 0 Å². The number of carbonyl (C=O) groups is 2. The van der Waals surface area contributed by atoms with Crippen LogP contribution in [0.3, 0.4) is 0 Å². The topological polar surface area (TPSA) is 79.5 Å². The Morgan fingerprint density at radius 3 is 2.44 bits per heavy atom. The molecule has 0 saturated heterocycles. The Morgan fingerprint density at radius 2 is 2.06 bits per heavy atom. The van der Waals surface area contributed by atoms with Crippen molar-refractivity contribution in [1.82, 2.24) is 5.32 Å². The van der Waals surface area contributed by atoms with Crippen molar-refractivity contribution >= 4 is 23.5 Å². The molecule has 1 amide bonds. The molecule has 0 aliphatic rings. The number of aliphatic carboxylic acids is 1. The van der Waals surface area contributed by atoms with E-state index in [0.29, 0.717) is 12.8 Å². The van der Waals surface area contributed by atoms with Gasteiger partial charge in [-0.2, -0.15) is 0 Å². The molecule has 1 rings (SSSR count). The third-order valence-electron chi connectivity index (χ3n) is 3.26. The van der Waals surface area contributed by atoms with Gasteiger partial charge >= 0.3 is 5.97 Å². The highest BCUT2D eigenvalue weighted by Gasteiger charge is 2.35. The normalized spacial score (nSPS) is 11.3. The molecule has 0 unspecified atom stereocenters. The van der Waals surface area contributed by atoms with Crippen LogP contribution in [0.5, 0.6) is 0 Å². The third-order valence-corrected chi connectivity index (χ3v) is 3.55. The highest BCUT2D eigenvalue weighted by molar-refractivity contribution is 6.32. The molecule has 0 aromatic carbocycles. The van der Waals surface area contributed by atoms with Crippen LogP contribution in [0.15, 0.2) is 16.7 Å². The second kappa shape index (κ2) is 5.91. The number of furan rings is 1. The molecule has 0 saturated carbocycles. The number of carboxylic acids is 1. The van der Waals surface area contributed by atoms with E-state index in [2.05, 4.69) is 5.32 Å². The van der Waals surface area contributed by atoms with E-state index in [1.54, 1.807) is 13.8 Å². The SMILES string of the molecule is CCC(CC)(CNC(=O)c1ccoc1Cl)C(=O)O. The number of carbonyl (C=O) groups excluding carboxylic acids is 1. The number of halogens is 1. The van der Waals surface area contributed by atoms with Gasteiger partial charge in [-0.15, -0.1) is 0 Å². The number of nitrogens with one attached hydrogen (secondary N) is 1. The van der Waals surface area contributed by atoms with Crippen molar-refractivity contribution in [3.63, 3.8) is 0 Å². The van der Waals surface area contributed by atoms with Gasteiger partial charge < -0.3 is 14.8 Å². The summed E-state index contributed by atoms with van der Waals surface area (Å²) in [6, 6.07) is 1.44. The van der Waals surface area contributed by atoms with Gasteiger partial charge in [0.05, 0.1) is 17.2 Å². The van der Waals surface area contributed by atoms with Crippen LogP contribution in [0.2, 0.25) is 5.22 Å². The first-order valence-electron chi connectivity index (χ1n) is 5.71. The van der Waals surface area contributed by atoms with Crippen LogP contribution in [-0.4, -0.2) is 23.5 Å². The minimum Gasteiger partial charge on any atom is -0.481 e. The fraction of sp³-hybridized carbons (Fsp3) is 0.500. The molecule has 2 N–H and O–H groups in total. The molecule has 0 fully saturated rings. The lowest BCUT2D eigenvalue weighted by molar-refractivity contribution is -0.149. The largest absolute Gasteiger partial charge is 0.481 e. The van der Waals surface area contributed by atoms with Crippen LogP contribution in [0.1, 0.15) is 37.0 Å². The van der Waals surface area contributed by atoms with Gasteiger partial charge in [0.1, 0.15) is 0 Å². The van der Waals surface area contributed by atoms with Crippen LogP contribution in [0.25, 0.3) is 0 Å². The van der Waals surface area contributed by atoms with E-state index < -0.39 is 17.3 Å². The van der Waals surface area contributed by atoms with Gasteiger partial charge in [0, 0.05) is 6.54 Å². The number of hydrogen-bond donors (Lipinski definition) is 2. The molecule has 0 spiro atoms. The van der Waals surface area contributed by atoms with Crippen molar-refractivity contribution in [3.8, 4) is 0 Å². The molecule has 6 heteroatoms. The highest BCUT2D eigenvalue weighted by atomic mass is 35.5. The molecule has 1 aromatic heterocycles. The summed E-state index contributed by atoms with van der Waals surface area (Å²) in [5.41, 5.74) is -0.727. The van der Waals surface area contributed by atoms with Crippen LogP contribution < -0.4 is 5.32 Å². The van der Waals surface area contributed by atoms with Crippen molar-refractivity contribution in [3.05, 3.63) is 23.1 Å². The molecule has 1 heterocycles. The first-order valence-corrected chi connectivity index (χ1v) is 6.09. The average Bonchev–Trinajstić information content (AvgIpc) is 2.77. The predicted octanol–water partition coefficient (Wildman–Crippen LogP) is 2.55. The van der Waals surface area contributed by atoms with Gasteiger partial charge in [0.25, 0.3) is 5.91 Å². The molecular formula is C12H16ClNO4. The third kappa shape index (κ3) is 2.85. The lowest BCUT2D eigenvalue weighted by Crippen LogP contribution is -2.42. The highest BCUT2D eigenvalue weighted by Crippen LogP contribution is 2.26. The number of rotatable bonds is 6. The smallest absolute Gasteiger partial charge is 0.311 e. The summed E-state index contributed by atoms with van der Waals surface area (Å²) in [7, 11) is 0. The molecule has 1 aromatic rings.